The first-order valence-electron chi connectivity index (χ1n) is 11.8. The van der Waals surface area contributed by atoms with Gasteiger partial charge in [-0.05, 0) is 51.3 Å². The molecule has 0 radical (unpaired) electrons. The summed E-state index contributed by atoms with van der Waals surface area (Å²) in [4.78, 5) is 5.51. The summed E-state index contributed by atoms with van der Waals surface area (Å²) >= 11 is 0. The summed E-state index contributed by atoms with van der Waals surface area (Å²) in [5, 5.41) is 4.44. The summed E-state index contributed by atoms with van der Waals surface area (Å²) < 4.78 is 2.04. The molecule has 1 atom stereocenters. The molecule has 3 aliphatic rings. The van der Waals surface area contributed by atoms with E-state index < -0.39 is 0 Å². The molecule has 3 fully saturated rings. The van der Waals surface area contributed by atoms with Gasteiger partial charge in [0.1, 0.15) is 0 Å². The number of piperidine rings is 1. The summed E-state index contributed by atoms with van der Waals surface area (Å²) in [5.74, 6) is 0. The number of nitrogens with zero attached hydrogens (tertiary/aromatic N) is 4. The molecule has 29 heavy (non-hydrogen) atoms. The Morgan fingerprint density at radius 2 is 1.79 bits per heavy atom. The molecule has 5 rings (SSSR count). The van der Waals surface area contributed by atoms with E-state index in [1.165, 1.54) is 70.1 Å². The van der Waals surface area contributed by atoms with E-state index in [2.05, 4.69) is 58.4 Å². The summed E-state index contributed by atoms with van der Waals surface area (Å²) in [5.41, 5.74) is 3.48. The van der Waals surface area contributed by atoms with Crippen LogP contribution in [0.2, 0.25) is 0 Å². The fourth-order valence-electron chi connectivity index (χ4n) is 6.32. The van der Waals surface area contributed by atoms with Crippen LogP contribution >= 0.6 is 0 Å². The lowest BCUT2D eigenvalue weighted by Gasteiger charge is -2.63. The first-order valence-corrected chi connectivity index (χ1v) is 11.8. The molecule has 1 aromatic carbocycles. The predicted molar refractivity (Wildman–Crippen MR) is 118 cm³/mol. The summed E-state index contributed by atoms with van der Waals surface area (Å²) in [7, 11) is 0. The summed E-state index contributed by atoms with van der Waals surface area (Å²) in [6, 6.07) is 12.8. The fraction of sp³-hybridized carbons (Fsp3) is 0.640. The van der Waals surface area contributed by atoms with E-state index in [-0.39, 0.29) is 0 Å². The first-order chi connectivity index (χ1) is 14.3. The summed E-state index contributed by atoms with van der Waals surface area (Å²) in [6.45, 7) is 7.93. The number of hydrogen-bond donors (Lipinski definition) is 0. The Morgan fingerprint density at radius 3 is 2.48 bits per heavy atom. The van der Waals surface area contributed by atoms with Crippen LogP contribution in [0.5, 0.6) is 0 Å². The van der Waals surface area contributed by atoms with E-state index >= 15 is 0 Å². The standard InChI is InChI=1S/C25H36N4/c1-2-28-19-21(17-26-28)18-27-15-11-23(12-16-27)29-20-25(13-7-4-8-14-25)24(29)22-9-5-3-6-10-22/h3,5-6,9-10,17,19,23-24H,2,4,7-8,11-16,18,20H2,1H3. The minimum atomic E-state index is 0.561. The molecule has 0 bridgehead atoms. The molecular weight excluding hydrogens is 356 g/mol. The number of aromatic nitrogens is 2. The van der Waals surface area contributed by atoms with Gasteiger partial charge in [-0.3, -0.25) is 14.5 Å². The molecule has 1 spiro atoms. The van der Waals surface area contributed by atoms with Crippen molar-refractivity contribution < 1.29 is 0 Å². The molecule has 2 saturated heterocycles. The Bertz CT molecular complexity index is 784. The van der Waals surface area contributed by atoms with Crippen LogP contribution < -0.4 is 0 Å². The quantitative estimate of drug-likeness (QED) is 0.725. The number of benzene rings is 1. The van der Waals surface area contributed by atoms with Gasteiger partial charge in [0.15, 0.2) is 0 Å². The van der Waals surface area contributed by atoms with E-state index in [9.17, 15) is 0 Å². The van der Waals surface area contributed by atoms with Gasteiger partial charge >= 0.3 is 0 Å². The average Bonchev–Trinajstić information content (AvgIpc) is 3.22. The van der Waals surface area contributed by atoms with Crippen LogP contribution in [0.3, 0.4) is 0 Å². The minimum absolute atomic E-state index is 0.561. The molecule has 4 heteroatoms. The second-order valence-corrected chi connectivity index (χ2v) is 9.62. The Morgan fingerprint density at radius 1 is 1.03 bits per heavy atom. The highest BCUT2D eigenvalue weighted by Crippen LogP contribution is 2.58. The zero-order valence-corrected chi connectivity index (χ0v) is 18.0. The van der Waals surface area contributed by atoms with Gasteiger partial charge in [-0.2, -0.15) is 5.10 Å². The largest absolute Gasteiger partial charge is 0.299 e. The molecule has 1 unspecified atom stereocenters. The monoisotopic (exact) mass is 392 g/mol. The normalized spacial score (nSPS) is 25.9. The molecule has 0 amide bonds. The van der Waals surface area contributed by atoms with Crippen LogP contribution in [0.1, 0.15) is 69.0 Å². The molecule has 1 aromatic heterocycles. The lowest BCUT2D eigenvalue weighted by atomic mass is 9.60. The zero-order valence-electron chi connectivity index (χ0n) is 18.0. The number of rotatable bonds is 5. The Hall–Kier alpha value is -1.65. The van der Waals surface area contributed by atoms with Crippen molar-refractivity contribution in [3.63, 3.8) is 0 Å². The lowest BCUT2D eigenvalue weighted by Crippen LogP contribution is -2.63. The Kier molecular flexibility index (Phi) is 5.49. The molecule has 1 saturated carbocycles. The highest BCUT2D eigenvalue weighted by molar-refractivity contribution is 5.26. The third-order valence-electron chi connectivity index (χ3n) is 7.82. The van der Waals surface area contributed by atoms with Gasteiger partial charge in [-0.25, -0.2) is 0 Å². The molecule has 156 valence electrons. The smallest absolute Gasteiger partial charge is 0.0534 e. The van der Waals surface area contributed by atoms with E-state index in [4.69, 9.17) is 0 Å². The molecule has 4 nitrogen and oxygen atoms in total. The van der Waals surface area contributed by atoms with Crippen LogP contribution in [0.25, 0.3) is 0 Å². The van der Waals surface area contributed by atoms with Crippen molar-refractivity contribution >= 4 is 0 Å². The van der Waals surface area contributed by atoms with Gasteiger partial charge < -0.3 is 0 Å². The molecular formula is C25H36N4. The van der Waals surface area contributed by atoms with Crippen LogP contribution in [-0.4, -0.2) is 45.3 Å². The SMILES string of the molecule is CCn1cc(CN2CCC(N3CC4(CCCCC4)C3c3ccccc3)CC2)cn1. The van der Waals surface area contributed by atoms with Gasteiger partial charge in [0, 0.05) is 48.9 Å². The van der Waals surface area contributed by atoms with E-state index in [1.54, 1.807) is 5.56 Å². The van der Waals surface area contributed by atoms with Crippen LogP contribution in [0.15, 0.2) is 42.7 Å². The second-order valence-electron chi connectivity index (χ2n) is 9.62. The van der Waals surface area contributed by atoms with Gasteiger partial charge in [0.05, 0.1) is 6.20 Å². The van der Waals surface area contributed by atoms with Gasteiger partial charge in [-0.1, -0.05) is 49.6 Å². The maximum Gasteiger partial charge on any atom is 0.0534 e. The maximum absolute atomic E-state index is 4.44. The Labute approximate surface area is 175 Å². The second kappa shape index (κ2) is 8.23. The van der Waals surface area contributed by atoms with E-state index in [0.717, 1.165) is 19.1 Å². The molecule has 0 N–H and O–H groups in total. The van der Waals surface area contributed by atoms with Crippen LogP contribution in [0.4, 0.5) is 0 Å². The van der Waals surface area contributed by atoms with Crippen molar-refractivity contribution in [3.05, 3.63) is 53.9 Å². The van der Waals surface area contributed by atoms with Crippen molar-refractivity contribution in [2.45, 2.75) is 77.0 Å². The van der Waals surface area contributed by atoms with Crippen molar-refractivity contribution in [1.29, 1.82) is 0 Å². The van der Waals surface area contributed by atoms with E-state index in [1.807, 2.05) is 10.9 Å². The van der Waals surface area contributed by atoms with Crippen LogP contribution in [-0.2, 0) is 13.1 Å². The maximum atomic E-state index is 4.44. The zero-order chi connectivity index (χ0) is 19.7. The average molecular weight is 393 g/mol. The minimum Gasteiger partial charge on any atom is -0.299 e. The Balaban J connectivity index is 1.24. The van der Waals surface area contributed by atoms with Crippen molar-refractivity contribution in [1.82, 2.24) is 19.6 Å². The van der Waals surface area contributed by atoms with Crippen molar-refractivity contribution in [3.8, 4) is 0 Å². The molecule has 3 heterocycles. The third-order valence-corrected chi connectivity index (χ3v) is 7.82. The molecule has 1 aliphatic carbocycles. The van der Waals surface area contributed by atoms with Gasteiger partial charge in [0.2, 0.25) is 0 Å². The summed E-state index contributed by atoms with van der Waals surface area (Å²) in [6.07, 6.45) is 14.0. The van der Waals surface area contributed by atoms with E-state index in [0.29, 0.717) is 11.5 Å². The number of hydrogen-bond acceptors (Lipinski definition) is 3. The molecule has 2 aromatic rings. The van der Waals surface area contributed by atoms with Gasteiger partial charge in [-0.15, -0.1) is 0 Å². The fourth-order valence-corrected chi connectivity index (χ4v) is 6.32. The predicted octanol–water partition coefficient (Wildman–Crippen LogP) is 4.87. The van der Waals surface area contributed by atoms with Gasteiger partial charge in [0.25, 0.3) is 0 Å². The first kappa shape index (κ1) is 19.3. The third kappa shape index (κ3) is 3.77. The highest BCUT2D eigenvalue weighted by Gasteiger charge is 2.54. The number of aryl methyl sites for hydroxylation is 1. The highest BCUT2D eigenvalue weighted by atomic mass is 15.3. The molecule has 2 aliphatic heterocycles. The van der Waals surface area contributed by atoms with Crippen molar-refractivity contribution in [2.24, 2.45) is 5.41 Å². The van der Waals surface area contributed by atoms with Crippen LogP contribution in [0, 0.1) is 5.41 Å². The van der Waals surface area contributed by atoms with Crippen molar-refractivity contribution in [2.75, 3.05) is 19.6 Å². The lowest BCUT2D eigenvalue weighted by molar-refractivity contribution is -0.133. The number of likely N-dealkylation sites (tertiary alicyclic amines) is 2. The topological polar surface area (TPSA) is 24.3 Å².